The minimum absolute atomic E-state index is 0.0353. The van der Waals surface area contributed by atoms with Crippen molar-refractivity contribution < 1.29 is 18.3 Å². The molecule has 3 aromatic rings. The van der Waals surface area contributed by atoms with Crippen LogP contribution in [0.4, 0.5) is 16.4 Å². The van der Waals surface area contributed by atoms with Crippen molar-refractivity contribution in [2.45, 2.75) is 69.9 Å². The minimum atomic E-state index is -3.86. The molecule has 1 aromatic carbocycles. The predicted octanol–water partition coefficient (Wildman–Crippen LogP) is 3.69. The van der Waals surface area contributed by atoms with Crippen LogP contribution in [0.1, 0.15) is 58.1 Å². The number of rotatable bonds is 5. The van der Waals surface area contributed by atoms with Crippen molar-refractivity contribution in [3.05, 3.63) is 36.2 Å². The number of primary sulfonamides is 1. The van der Waals surface area contributed by atoms with Gasteiger partial charge in [-0.25, -0.2) is 28.0 Å². The number of benzene rings is 1. The zero-order valence-corrected chi connectivity index (χ0v) is 21.1. The Bertz CT molecular complexity index is 1370. The summed E-state index contributed by atoms with van der Waals surface area (Å²) in [5, 5.41) is 25.9. The van der Waals surface area contributed by atoms with Crippen LogP contribution in [0.5, 0.6) is 0 Å². The van der Waals surface area contributed by atoms with E-state index in [0.717, 1.165) is 18.2 Å². The molecule has 4 rings (SSSR count). The normalized spacial score (nSPS) is 21.1. The Morgan fingerprint density at radius 2 is 1.91 bits per heavy atom. The number of nitrogens with one attached hydrogen (secondary N) is 2. The van der Waals surface area contributed by atoms with E-state index in [1.807, 2.05) is 4.68 Å². The first-order valence-corrected chi connectivity index (χ1v) is 13.0. The number of carboxylic acid groups (broad SMARTS) is 1. The van der Waals surface area contributed by atoms with Gasteiger partial charge in [0.05, 0.1) is 22.5 Å². The van der Waals surface area contributed by atoms with Crippen molar-refractivity contribution >= 4 is 38.8 Å². The lowest BCUT2D eigenvalue weighted by molar-refractivity contribution is 0.0680. The van der Waals surface area contributed by atoms with Gasteiger partial charge in [0.15, 0.2) is 5.65 Å². The summed E-state index contributed by atoms with van der Waals surface area (Å²) >= 11 is 0. The van der Waals surface area contributed by atoms with Crippen molar-refractivity contribution in [3.63, 3.8) is 0 Å². The molecule has 1 saturated carbocycles. The van der Waals surface area contributed by atoms with Crippen molar-refractivity contribution in [1.29, 1.82) is 0 Å². The zero-order chi connectivity index (χ0) is 25.6. The molecule has 11 nitrogen and oxygen atoms in total. The van der Waals surface area contributed by atoms with Gasteiger partial charge in [0.1, 0.15) is 0 Å². The van der Waals surface area contributed by atoms with Crippen LogP contribution < -0.4 is 15.8 Å². The van der Waals surface area contributed by atoms with E-state index in [-0.39, 0.29) is 16.4 Å². The molecule has 0 atom stereocenters. The highest BCUT2D eigenvalue weighted by Gasteiger charge is 2.46. The molecule has 188 valence electrons. The fraction of sp³-hybridized carbons (Fsp3) is 0.478. The lowest BCUT2D eigenvalue weighted by Gasteiger charge is -2.48. The quantitative estimate of drug-likeness (QED) is 0.411. The number of hydrogen-bond acceptors (Lipinski definition) is 7. The molecule has 2 heterocycles. The number of anilines is 2. The number of amides is 1. The maximum Gasteiger partial charge on any atom is 0.405 e. The number of sulfonamides is 1. The summed E-state index contributed by atoms with van der Waals surface area (Å²) in [6.07, 6.45) is 5.24. The van der Waals surface area contributed by atoms with Gasteiger partial charge in [0.2, 0.25) is 16.0 Å². The summed E-state index contributed by atoms with van der Waals surface area (Å²) in [5.74, 6) is 0.302. The van der Waals surface area contributed by atoms with E-state index in [4.69, 9.17) is 5.14 Å². The summed E-state index contributed by atoms with van der Waals surface area (Å²) in [5.41, 5.74) is 0.963. The molecule has 35 heavy (non-hydrogen) atoms. The largest absolute Gasteiger partial charge is 0.465 e. The highest BCUT2D eigenvalue weighted by molar-refractivity contribution is 7.89. The topological polar surface area (TPSA) is 165 Å². The van der Waals surface area contributed by atoms with Crippen molar-refractivity contribution in [1.82, 2.24) is 25.1 Å². The number of nitrogens with zero attached hydrogens (tertiary/aromatic N) is 4. The average molecular weight is 502 g/mol. The van der Waals surface area contributed by atoms with Gasteiger partial charge in [-0.1, -0.05) is 26.8 Å². The molecule has 0 saturated heterocycles. The Balaban J connectivity index is 1.59. The summed E-state index contributed by atoms with van der Waals surface area (Å²) < 4.78 is 25.6. The highest BCUT2D eigenvalue weighted by atomic mass is 32.2. The van der Waals surface area contributed by atoms with E-state index in [0.29, 0.717) is 35.7 Å². The molecule has 5 N–H and O–H groups in total. The predicted molar refractivity (Wildman–Crippen MR) is 132 cm³/mol. The van der Waals surface area contributed by atoms with E-state index in [1.54, 1.807) is 31.5 Å². The van der Waals surface area contributed by atoms with E-state index >= 15 is 0 Å². The van der Waals surface area contributed by atoms with Crippen molar-refractivity contribution in [3.8, 4) is 0 Å². The van der Waals surface area contributed by atoms with Gasteiger partial charge in [-0.15, -0.1) is 0 Å². The lowest BCUT2D eigenvalue weighted by atomic mass is 9.64. The standard InChI is InChI=1S/C23H31N7O4S/c1-14-5-6-16(11-18(14)35(24,33)34)27-20-25-12-15-13-26-30(19(15)28-20)17-7-9-23(10-8-17,22(2,3)4)29-21(31)32/h5-6,11-13,17,29H,7-10H2,1-4H3,(H,31,32)(H2,24,33,34)(H,25,27,28). The molecule has 1 amide bonds. The lowest BCUT2D eigenvalue weighted by Crippen LogP contribution is -2.58. The molecule has 0 unspecified atom stereocenters. The van der Waals surface area contributed by atoms with Crippen LogP contribution in [0.2, 0.25) is 0 Å². The second kappa shape index (κ2) is 8.76. The maximum atomic E-state index is 11.9. The molecule has 0 aliphatic heterocycles. The van der Waals surface area contributed by atoms with Gasteiger partial charge < -0.3 is 15.7 Å². The molecular formula is C23H31N7O4S. The summed E-state index contributed by atoms with van der Waals surface area (Å²) in [6.45, 7) is 7.85. The monoisotopic (exact) mass is 501 g/mol. The summed E-state index contributed by atoms with van der Waals surface area (Å²) in [7, 11) is -3.86. The van der Waals surface area contributed by atoms with Gasteiger partial charge in [0, 0.05) is 17.4 Å². The maximum absolute atomic E-state index is 11.9. The van der Waals surface area contributed by atoms with Gasteiger partial charge in [-0.05, 0) is 55.7 Å². The third kappa shape index (κ3) is 4.94. The molecule has 12 heteroatoms. The zero-order valence-electron chi connectivity index (χ0n) is 20.2. The Kier molecular flexibility index (Phi) is 6.22. The van der Waals surface area contributed by atoms with Crippen LogP contribution in [0, 0.1) is 12.3 Å². The van der Waals surface area contributed by atoms with E-state index < -0.39 is 21.7 Å². The Morgan fingerprint density at radius 1 is 1.23 bits per heavy atom. The number of aromatic nitrogens is 4. The second-order valence-corrected chi connectivity index (χ2v) is 11.7. The first-order valence-electron chi connectivity index (χ1n) is 11.4. The molecule has 1 fully saturated rings. The Hall–Kier alpha value is -3.25. The molecule has 0 radical (unpaired) electrons. The van der Waals surface area contributed by atoms with Crippen LogP contribution in [0.15, 0.2) is 35.5 Å². The number of carbonyl (C=O) groups is 1. The molecule has 2 aromatic heterocycles. The second-order valence-electron chi connectivity index (χ2n) is 10.2. The van der Waals surface area contributed by atoms with Gasteiger partial charge in [-0.3, -0.25) is 0 Å². The smallest absolute Gasteiger partial charge is 0.405 e. The van der Waals surface area contributed by atoms with Crippen LogP contribution in [-0.2, 0) is 10.0 Å². The van der Waals surface area contributed by atoms with Crippen molar-refractivity contribution in [2.24, 2.45) is 10.6 Å². The number of fused-ring (bicyclic) bond motifs is 1. The number of aryl methyl sites for hydroxylation is 1. The minimum Gasteiger partial charge on any atom is -0.465 e. The van der Waals surface area contributed by atoms with Gasteiger partial charge in [0.25, 0.3) is 0 Å². The fourth-order valence-electron chi connectivity index (χ4n) is 4.88. The average Bonchev–Trinajstić information content (AvgIpc) is 3.17. The Morgan fingerprint density at radius 3 is 2.51 bits per heavy atom. The van der Waals surface area contributed by atoms with Gasteiger partial charge >= 0.3 is 6.09 Å². The number of hydrogen-bond donors (Lipinski definition) is 4. The molecular weight excluding hydrogens is 470 g/mol. The van der Waals surface area contributed by atoms with Crippen LogP contribution in [0.3, 0.4) is 0 Å². The van der Waals surface area contributed by atoms with E-state index in [1.165, 1.54) is 6.07 Å². The van der Waals surface area contributed by atoms with Crippen LogP contribution >= 0.6 is 0 Å². The van der Waals surface area contributed by atoms with E-state index in [9.17, 15) is 18.3 Å². The molecule has 0 spiro atoms. The molecule has 1 aliphatic rings. The SMILES string of the molecule is Cc1ccc(Nc2ncc3cnn(C4CCC(NC(=O)O)(C(C)(C)C)CC4)c3n2)cc1S(N)(=O)=O. The van der Waals surface area contributed by atoms with Crippen LogP contribution in [0.25, 0.3) is 11.0 Å². The number of nitrogens with two attached hydrogens (primary N) is 1. The third-order valence-electron chi connectivity index (χ3n) is 7.02. The fourth-order valence-corrected chi connectivity index (χ4v) is 5.69. The molecule has 0 bridgehead atoms. The first-order chi connectivity index (χ1) is 16.3. The van der Waals surface area contributed by atoms with Crippen molar-refractivity contribution in [2.75, 3.05) is 5.32 Å². The summed E-state index contributed by atoms with van der Waals surface area (Å²) in [4.78, 5) is 20.5. The molecule has 1 aliphatic carbocycles. The highest BCUT2D eigenvalue weighted by Crippen LogP contribution is 2.45. The third-order valence-corrected chi connectivity index (χ3v) is 8.07. The summed E-state index contributed by atoms with van der Waals surface area (Å²) in [6, 6.07) is 4.92. The first kappa shape index (κ1) is 24.9. The van der Waals surface area contributed by atoms with Crippen LogP contribution in [-0.4, -0.2) is 44.9 Å². The van der Waals surface area contributed by atoms with Gasteiger partial charge in [-0.2, -0.15) is 10.1 Å². The Labute approximate surface area is 204 Å². The van der Waals surface area contributed by atoms with E-state index in [2.05, 4.69) is 46.5 Å².